The van der Waals surface area contributed by atoms with Crippen molar-refractivity contribution in [2.45, 2.75) is 25.8 Å². The van der Waals surface area contributed by atoms with E-state index in [0.717, 1.165) is 11.0 Å². The first-order chi connectivity index (χ1) is 12.8. The van der Waals surface area contributed by atoms with Gasteiger partial charge in [0.1, 0.15) is 11.3 Å². The highest BCUT2D eigenvalue weighted by molar-refractivity contribution is 7.92. The smallest absolute Gasteiger partial charge is 0.341 e. The zero-order valence-corrected chi connectivity index (χ0v) is 16.3. The number of ether oxygens (including phenoxy) is 2. The summed E-state index contributed by atoms with van der Waals surface area (Å²) in [5, 5.41) is 0.874. The maximum atomic E-state index is 12.4. The number of carbonyl (C=O) groups is 2. The zero-order valence-electron chi connectivity index (χ0n) is 15.4. The van der Waals surface area contributed by atoms with Crippen LogP contribution in [0.5, 0.6) is 5.75 Å². The topological polar surface area (TPSA) is 102 Å². The molecule has 9 heteroatoms. The van der Waals surface area contributed by atoms with Crippen molar-refractivity contribution in [2.24, 2.45) is 0 Å². The number of amides is 1. The summed E-state index contributed by atoms with van der Waals surface area (Å²) < 4.78 is 35.8. The van der Waals surface area contributed by atoms with Crippen LogP contribution in [-0.4, -0.2) is 58.0 Å². The molecule has 8 nitrogen and oxygen atoms in total. The molecule has 1 aromatic rings. The Kier molecular flexibility index (Phi) is 6.98. The summed E-state index contributed by atoms with van der Waals surface area (Å²) in [6.45, 7) is 5.73. The van der Waals surface area contributed by atoms with Gasteiger partial charge in [-0.1, -0.05) is 18.2 Å². The van der Waals surface area contributed by atoms with Crippen molar-refractivity contribution in [3.05, 3.63) is 41.3 Å². The summed E-state index contributed by atoms with van der Waals surface area (Å²) in [5.41, 5.74) is 1.14. The highest BCUT2D eigenvalue weighted by Crippen LogP contribution is 2.21. The molecule has 0 aliphatic carbocycles. The van der Waals surface area contributed by atoms with Crippen molar-refractivity contribution < 1.29 is 27.5 Å². The number of hydrogen-bond acceptors (Lipinski definition) is 6. The van der Waals surface area contributed by atoms with Gasteiger partial charge in [-0.15, -0.1) is 0 Å². The average Bonchev–Trinajstić information content (AvgIpc) is 2.66. The SMILES string of the molecule is C=CS(=O)(=O)NC1CCN(C(=O)COc2ccc(C)cc2C(=O)OC)CC1. The van der Waals surface area contributed by atoms with E-state index in [1.54, 1.807) is 23.1 Å². The lowest BCUT2D eigenvalue weighted by Crippen LogP contribution is -2.47. The molecule has 0 bridgehead atoms. The van der Waals surface area contributed by atoms with Gasteiger partial charge in [-0.05, 0) is 31.9 Å². The summed E-state index contributed by atoms with van der Waals surface area (Å²) in [7, 11) is -2.20. The third-order valence-electron chi connectivity index (χ3n) is 4.29. The fourth-order valence-electron chi connectivity index (χ4n) is 2.80. The van der Waals surface area contributed by atoms with Crippen LogP contribution in [0.25, 0.3) is 0 Å². The standard InChI is InChI=1S/C18H24N2O6S/c1-4-27(23,24)19-14-7-9-20(10-8-14)17(21)12-26-16-6-5-13(2)11-15(16)18(22)25-3/h4-6,11,14,19H,1,7-10,12H2,2-3H3. The Morgan fingerprint density at radius 3 is 2.59 bits per heavy atom. The molecule has 1 aromatic carbocycles. The Bertz CT molecular complexity index is 813. The Labute approximate surface area is 159 Å². The number of aryl methyl sites for hydroxylation is 1. The molecule has 0 spiro atoms. The third kappa shape index (κ3) is 5.80. The van der Waals surface area contributed by atoms with Gasteiger partial charge in [-0.3, -0.25) is 4.79 Å². The van der Waals surface area contributed by atoms with E-state index >= 15 is 0 Å². The minimum absolute atomic E-state index is 0.212. The quantitative estimate of drug-likeness (QED) is 0.695. The number of hydrogen-bond donors (Lipinski definition) is 1. The van der Waals surface area contributed by atoms with Gasteiger partial charge >= 0.3 is 5.97 Å². The van der Waals surface area contributed by atoms with E-state index in [9.17, 15) is 18.0 Å². The first kappa shape index (κ1) is 20.9. The Morgan fingerprint density at radius 1 is 1.33 bits per heavy atom. The molecule has 27 heavy (non-hydrogen) atoms. The number of nitrogens with one attached hydrogen (secondary N) is 1. The van der Waals surface area contributed by atoms with Gasteiger partial charge in [0.15, 0.2) is 6.61 Å². The molecule has 0 radical (unpaired) electrons. The van der Waals surface area contributed by atoms with Gasteiger partial charge in [-0.25, -0.2) is 17.9 Å². The van der Waals surface area contributed by atoms with Crippen molar-refractivity contribution in [1.82, 2.24) is 9.62 Å². The lowest BCUT2D eigenvalue weighted by atomic mass is 10.1. The van der Waals surface area contributed by atoms with Crippen molar-refractivity contribution in [2.75, 3.05) is 26.8 Å². The second kappa shape index (κ2) is 9.01. The van der Waals surface area contributed by atoms with Crippen LogP contribution in [0.3, 0.4) is 0 Å². The highest BCUT2D eigenvalue weighted by Gasteiger charge is 2.25. The molecule has 0 saturated carbocycles. The number of benzene rings is 1. The number of rotatable bonds is 7. The second-order valence-corrected chi connectivity index (χ2v) is 7.92. The number of esters is 1. The van der Waals surface area contributed by atoms with E-state index in [4.69, 9.17) is 9.47 Å². The predicted molar refractivity (Wildman–Crippen MR) is 99.9 cm³/mol. The number of nitrogens with zero attached hydrogens (tertiary/aromatic N) is 1. The van der Waals surface area contributed by atoms with Crippen LogP contribution in [0.15, 0.2) is 30.2 Å². The molecule has 1 aliphatic rings. The van der Waals surface area contributed by atoms with E-state index in [0.29, 0.717) is 25.9 Å². The fraction of sp³-hybridized carbons (Fsp3) is 0.444. The van der Waals surface area contributed by atoms with Gasteiger partial charge in [0, 0.05) is 24.5 Å². The van der Waals surface area contributed by atoms with Crippen molar-refractivity contribution in [3.63, 3.8) is 0 Å². The van der Waals surface area contributed by atoms with Crippen LogP contribution in [0.2, 0.25) is 0 Å². The summed E-state index contributed by atoms with van der Waals surface area (Å²) in [5.74, 6) is -0.470. The molecule has 1 aliphatic heterocycles. The third-order valence-corrected chi connectivity index (χ3v) is 5.39. The molecule has 1 amide bonds. The van der Waals surface area contributed by atoms with Gasteiger partial charge in [0.25, 0.3) is 5.91 Å². The van der Waals surface area contributed by atoms with E-state index in [2.05, 4.69) is 11.3 Å². The molecule has 1 fully saturated rings. The summed E-state index contributed by atoms with van der Waals surface area (Å²) in [6, 6.07) is 4.83. The van der Waals surface area contributed by atoms with Crippen LogP contribution in [0.4, 0.5) is 0 Å². The molecule has 2 rings (SSSR count). The molecule has 1 saturated heterocycles. The molecular formula is C18H24N2O6S. The highest BCUT2D eigenvalue weighted by atomic mass is 32.2. The summed E-state index contributed by atoms with van der Waals surface area (Å²) in [6.07, 6.45) is 1.02. The molecule has 1 heterocycles. The Hall–Kier alpha value is -2.39. The van der Waals surface area contributed by atoms with Crippen LogP contribution in [-0.2, 0) is 19.6 Å². The average molecular weight is 396 g/mol. The maximum absolute atomic E-state index is 12.4. The summed E-state index contributed by atoms with van der Waals surface area (Å²) in [4.78, 5) is 25.8. The van der Waals surface area contributed by atoms with Crippen LogP contribution < -0.4 is 9.46 Å². The molecule has 0 aromatic heterocycles. The van der Waals surface area contributed by atoms with E-state index in [-0.39, 0.29) is 29.9 Å². The Balaban J connectivity index is 1.91. The molecule has 0 atom stereocenters. The van der Waals surface area contributed by atoms with Gasteiger partial charge in [-0.2, -0.15) is 0 Å². The maximum Gasteiger partial charge on any atom is 0.341 e. The normalized spacial score (nSPS) is 15.3. The van der Waals surface area contributed by atoms with Gasteiger partial charge < -0.3 is 14.4 Å². The molecule has 148 valence electrons. The number of likely N-dealkylation sites (tertiary alicyclic amines) is 1. The second-order valence-electron chi connectivity index (χ2n) is 6.26. The molecule has 1 N–H and O–H groups in total. The first-order valence-electron chi connectivity index (χ1n) is 8.50. The van der Waals surface area contributed by atoms with E-state index in [1.807, 2.05) is 6.92 Å². The fourth-order valence-corrected chi connectivity index (χ4v) is 3.59. The lowest BCUT2D eigenvalue weighted by molar-refractivity contribution is -0.134. The minimum Gasteiger partial charge on any atom is -0.483 e. The minimum atomic E-state index is -3.48. The van der Waals surface area contributed by atoms with Crippen molar-refractivity contribution >= 4 is 21.9 Å². The van der Waals surface area contributed by atoms with Crippen LogP contribution in [0, 0.1) is 6.92 Å². The van der Waals surface area contributed by atoms with Crippen LogP contribution in [0.1, 0.15) is 28.8 Å². The lowest BCUT2D eigenvalue weighted by Gasteiger charge is -2.32. The van der Waals surface area contributed by atoms with Gasteiger partial charge in [0.2, 0.25) is 10.0 Å². The molecule has 0 unspecified atom stereocenters. The number of sulfonamides is 1. The number of methoxy groups -OCH3 is 1. The Morgan fingerprint density at radius 2 is 2.00 bits per heavy atom. The molecular weight excluding hydrogens is 372 g/mol. The number of carbonyl (C=O) groups excluding carboxylic acids is 2. The van der Waals surface area contributed by atoms with E-state index in [1.165, 1.54) is 7.11 Å². The zero-order chi connectivity index (χ0) is 20.0. The van der Waals surface area contributed by atoms with Crippen LogP contribution >= 0.6 is 0 Å². The van der Waals surface area contributed by atoms with Crippen molar-refractivity contribution in [1.29, 1.82) is 0 Å². The summed E-state index contributed by atoms with van der Waals surface area (Å²) >= 11 is 0. The first-order valence-corrected chi connectivity index (χ1v) is 10.0. The van der Waals surface area contributed by atoms with Crippen molar-refractivity contribution in [3.8, 4) is 5.75 Å². The van der Waals surface area contributed by atoms with Gasteiger partial charge in [0.05, 0.1) is 7.11 Å². The van der Waals surface area contributed by atoms with E-state index < -0.39 is 16.0 Å². The predicted octanol–water partition coefficient (Wildman–Crippen LogP) is 1.21. The monoisotopic (exact) mass is 396 g/mol. The largest absolute Gasteiger partial charge is 0.483 e. The number of piperidine rings is 1.